The second-order valence-corrected chi connectivity index (χ2v) is 6.43. The number of nitrogens with zero attached hydrogens (tertiary/aromatic N) is 1. The van der Waals surface area contributed by atoms with Crippen LogP contribution in [-0.4, -0.2) is 18.1 Å². The van der Waals surface area contributed by atoms with E-state index in [1.54, 1.807) is 18.9 Å². The van der Waals surface area contributed by atoms with Crippen molar-refractivity contribution in [2.24, 2.45) is 5.73 Å². The van der Waals surface area contributed by atoms with Crippen LogP contribution in [0.2, 0.25) is 0 Å². The lowest BCUT2D eigenvalue weighted by atomic mass is 10.1. The molecule has 0 fully saturated rings. The standard InChI is InChI=1S/C17H22N2OS/c1-11-9-12(2)19-16(10-11)21-17(13(3)18)14-7-5-6-8-15(14)20-4/h5-10,13,17H,18H2,1-4H3. The maximum atomic E-state index is 6.21. The summed E-state index contributed by atoms with van der Waals surface area (Å²) >= 11 is 1.69. The number of benzene rings is 1. The summed E-state index contributed by atoms with van der Waals surface area (Å²) in [6.45, 7) is 6.12. The second-order valence-electron chi connectivity index (χ2n) is 5.26. The lowest BCUT2D eigenvalue weighted by molar-refractivity contribution is 0.408. The minimum Gasteiger partial charge on any atom is -0.496 e. The zero-order chi connectivity index (χ0) is 15.4. The summed E-state index contributed by atoms with van der Waals surface area (Å²) in [5.41, 5.74) is 9.57. The summed E-state index contributed by atoms with van der Waals surface area (Å²) in [6.07, 6.45) is 0. The van der Waals surface area contributed by atoms with E-state index >= 15 is 0 Å². The first kappa shape index (κ1) is 15.9. The third-order valence-corrected chi connectivity index (χ3v) is 4.63. The van der Waals surface area contributed by atoms with Gasteiger partial charge in [-0.1, -0.05) is 30.0 Å². The van der Waals surface area contributed by atoms with Crippen molar-refractivity contribution in [3.8, 4) is 5.75 Å². The van der Waals surface area contributed by atoms with Crippen LogP contribution in [0.15, 0.2) is 41.4 Å². The molecule has 0 amide bonds. The van der Waals surface area contributed by atoms with E-state index < -0.39 is 0 Å². The topological polar surface area (TPSA) is 48.1 Å². The van der Waals surface area contributed by atoms with Gasteiger partial charge in [0.05, 0.1) is 17.4 Å². The Morgan fingerprint density at radius 3 is 2.52 bits per heavy atom. The fourth-order valence-electron chi connectivity index (χ4n) is 2.35. The van der Waals surface area contributed by atoms with Gasteiger partial charge in [0.15, 0.2) is 0 Å². The highest BCUT2D eigenvalue weighted by Gasteiger charge is 2.22. The number of rotatable bonds is 5. The molecule has 3 nitrogen and oxygen atoms in total. The van der Waals surface area contributed by atoms with Crippen LogP contribution in [0.3, 0.4) is 0 Å². The van der Waals surface area contributed by atoms with Crippen molar-refractivity contribution in [3.05, 3.63) is 53.2 Å². The Morgan fingerprint density at radius 1 is 1.19 bits per heavy atom. The Kier molecular flexibility index (Phi) is 5.26. The molecule has 0 aliphatic carbocycles. The molecule has 0 spiro atoms. The number of hydrogen-bond acceptors (Lipinski definition) is 4. The van der Waals surface area contributed by atoms with Crippen LogP contribution in [0.5, 0.6) is 5.75 Å². The lowest BCUT2D eigenvalue weighted by Gasteiger charge is -2.22. The number of aromatic nitrogens is 1. The van der Waals surface area contributed by atoms with Crippen molar-refractivity contribution in [2.75, 3.05) is 7.11 Å². The average molecular weight is 302 g/mol. The Morgan fingerprint density at radius 2 is 1.90 bits per heavy atom. The van der Waals surface area contributed by atoms with E-state index in [1.807, 2.05) is 32.0 Å². The molecule has 1 aromatic heterocycles. The molecule has 1 aromatic carbocycles. The van der Waals surface area contributed by atoms with Gasteiger partial charge >= 0.3 is 0 Å². The first-order chi connectivity index (χ1) is 10.0. The van der Waals surface area contributed by atoms with Gasteiger partial charge in [-0.2, -0.15) is 0 Å². The number of hydrogen-bond donors (Lipinski definition) is 1. The number of methoxy groups -OCH3 is 1. The minimum atomic E-state index is -0.00563. The fraction of sp³-hybridized carbons (Fsp3) is 0.353. The van der Waals surface area contributed by atoms with E-state index in [0.29, 0.717) is 0 Å². The number of aryl methyl sites for hydroxylation is 2. The Bertz CT molecular complexity index is 593. The van der Waals surface area contributed by atoms with Crippen LogP contribution in [0.25, 0.3) is 0 Å². The van der Waals surface area contributed by atoms with Crippen molar-refractivity contribution >= 4 is 11.8 Å². The van der Waals surface area contributed by atoms with Gasteiger partial charge in [-0.3, -0.25) is 0 Å². The van der Waals surface area contributed by atoms with Crippen molar-refractivity contribution in [1.82, 2.24) is 4.98 Å². The Hall–Kier alpha value is -1.52. The van der Waals surface area contributed by atoms with Crippen LogP contribution >= 0.6 is 11.8 Å². The van der Waals surface area contributed by atoms with E-state index in [2.05, 4.69) is 30.1 Å². The molecular weight excluding hydrogens is 280 g/mol. The maximum Gasteiger partial charge on any atom is 0.123 e. The third-order valence-electron chi connectivity index (χ3n) is 3.24. The summed E-state index contributed by atoms with van der Waals surface area (Å²) < 4.78 is 5.47. The third kappa shape index (κ3) is 3.99. The van der Waals surface area contributed by atoms with Gasteiger partial charge < -0.3 is 10.5 Å². The molecule has 112 valence electrons. The van der Waals surface area contributed by atoms with E-state index in [-0.39, 0.29) is 11.3 Å². The van der Waals surface area contributed by atoms with Crippen LogP contribution in [0.1, 0.15) is 29.0 Å². The molecule has 21 heavy (non-hydrogen) atoms. The average Bonchev–Trinajstić information content (AvgIpc) is 2.43. The molecule has 2 aromatic rings. The molecule has 0 saturated heterocycles. The van der Waals surface area contributed by atoms with Gasteiger partial charge in [0, 0.05) is 17.3 Å². The number of para-hydroxylation sites is 1. The van der Waals surface area contributed by atoms with Gasteiger partial charge in [0.1, 0.15) is 5.75 Å². The monoisotopic (exact) mass is 302 g/mol. The predicted molar refractivity (Wildman–Crippen MR) is 89.0 cm³/mol. The highest BCUT2D eigenvalue weighted by molar-refractivity contribution is 7.99. The summed E-state index contributed by atoms with van der Waals surface area (Å²) in [4.78, 5) is 4.60. The molecule has 4 heteroatoms. The smallest absolute Gasteiger partial charge is 0.123 e. The zero-order valence-electron chi connectivity index (χ0n) is 13.0. The van der Waals surface area contributed by atoms with Gasteiger partial charge in [-0.25, -0.2) is 4.98 Å². The lowest BCUT2D eigenvalue weighted by Crippen LogP contribution is -2.23. The summed E-state index contributed by atoms with van der Waals surface area (Å²) in [5.74, 6) is 0.872. The molecule has 0 radical (unpaired) electrons. The minimum absolute atomic E-state index is 0.00563. The molecule has 0 aliphatic heterocycles. The van der Waals surface area contributed by atoms with E-state index in [9.17, 15) is 0 Å². The van der Waals surface area contributed by atoms with Crippen molar-refractivity contribution < 1.29 is 4.74 Å². The van der Waals surface area contributed by atoms with E-state index in [4.69, 9.17) is 10.5 Å². The highest BCUT2D eigenvalue weighted by atomic mass is 32.2. The van der Waals surface area contributed by atoms with E-state index in [1.165, 1.54) is 5.56 Å². The molecule has 2 atom stereocenters. The predicted octanol–water partition coefficient (Wildman–Crippen LogP) is 3.89. The quantitative estimate of drug-likeness (QED) is 0.851. The normalized spacial score (nSPS) is 13.8. The fourth-order valence-corrected chi connectivity index (χ4v) is 3.60. The van der Waals surface area contributed by atoms with Crippen LogP contribution in [-0.2, 0) is 0 Å². The first-order valence-electron chi connectivity index (χ1n) is 7.01. The van der Waals surface area contributed by atoms with Gasteiger partial charge in [-0.05, 0) is 44.5 Å². The molecule has 2 unspecified atom stereocenters. The van der Waals surface area contributed by atoms with Crippen LogP contribution in [0.4, 0.5) is 0 Å². The summed E-state index contributed by atoms with van der Waals surface area (Å²) in [7, 11) is 1.69. The summed E-state index contributed by atoms with van der Waals surface area (Å²) in [6, 6.07) is 12.2. The largest absolute Gasteiger partial charge is 0.496 e. The van der Waals surface area contributed by atoms with Crippen molar-refractivity contribution in [3.63, 3.8) is 0 Å². The Balaban J connectivity index is 2.35. The van der Waals surface area contributed by atoms with Crippen LogP contribution < -0.4 is 10.5 Å². The molecule has 0 saturated carbocycles. The molecule has 2 N–H and O–H groups in total. The number of thioether (sulfide) groups is 1. The van der Waals surface area contributed by atoms with Crippen molar-refractivity contribution in [2.45, 2.75) is 37.1 Å². The second kappa shape index (κ2) is 6.96. The summed E-state index contributed by atoms with van der Waals surface area (Å²) in [5, 5.41) is 1.11. The number of pyridine rings is 1. The Labute approximate surface area is 130 Å². The molecule has 2 rings (SSSR count). The van der Waals surface area contributed by atoms with Crippen LogP contribution in [0, 0.1) is 13.8 Å². The van der Waals surface area contributed by atoms with Crippen molar-refractivity contribution in [1.29, 1.82) is 0 Å². The van der Waals surface area contributed by atoms with Gasteiger partial charge in [0.25, 0.3) is 0 Å². The van der Waals surface area contributed by atoms with E-state index in [0.717, 1.165) is 22.0 Å². The molecule has 0 aliphatic rings. The van der Waals surface area contributed by atoms with Gasteiger partial charge in [0.2, 0.25) is 0 Å². The molecule has 1 heterocycles. The number of nitrogens with two attached hydrogens (primary N) is 1. The van der Waals surface area contributed by atoms with Gasteiger partial charge in [-0.15, -0.1) is 0 Å². The maximum absolute atomic E-state index is 6.21. The molecule has 0 bridgehead atoms. The number of ether oxygens (including phenoxy) is 1. The highest BCUT2D eigenvalue weighted by Crippen LogP contribution is 2.40. The zero-order valence-corrected chi connectivity index (χ0v) is 13.8. The first-order valence-corrected chi connectivity index (χ1v) is 7.89. The molecular formula is C17H22N2OS. The SMILES string of the molecule is COc1ccccc1C(Sc1cc(C)cc(C)n1)C(C)N.